The molecule has 0 amide bonds. The molecule has 1 N–H and O–H groups in total. The number of rotatable bonds is 7. The van der Waals surface area contributed by atoms with Crippen molar-refractivity contribution in [3.05, 3.63) is 117 Å². The van der Waals surface area contributed by atoms with Crippen molar-refractivity contribution < 1.29 is 17.6 Å². The average molecular weight is 492 g/mol. The van der Waals surface area contributed by atoms with Crippen molar-refractivity contribution in [1.29, 1.82) is 0 Å². The molecule has 0 fully saturated rings. The van der Waals surface area contributed by atoms with E-state index in [4.69, 9.17) is 11.6 Å². The zero-order valence-corrected chi connectivity index (χ0v) is 18.7. The van der Waals surface area contributed by atoms with Crippen LogP contribution in [0.2, 0.25) is 5.02 Å². The van der Waals surface area contributed by atoms with Gasteiger partial charge >= 0.3 is 6.18 Å². The van der Waals surface area contributed by atoms with Crippen LogP contribution in [0.1, 0.15) is 27.4 Å². The summed E-state index contributed by atoms with van der Waals surface area (Å²) < 4.78 is 55.3. The number of thiazole rings is 1. The Morgan fingerprint density at radius 1 is 0.939 bits per heavy atom. The molecule has 2 aromatic heterocycles. The fourth-order valence-corrected chi connectivity index (χ4v) is 4.36. The number of halogens is 5. The molecule has 0 aliphatic heterocycles. The van der Waals surface area contributed by atoms with Crippen molar-refractivity contribution in [1.82, 2.24) is 15.3 Å². The maximum atomic E-state index is 14.5. The second-order valence-corrected chi connectivity index (χ2v) is 8.85. The van der Waals surface area contributed by atoms with E-state index in [-0.39, 0.29) is 18.5 Å². The van der Waals surface area contributed by atoms with E-state index in [1.165, 1.54) is 17.5 Å². The van der Waals surface area contributed by atoms with Crippen LogP contribution in [0, 0.1) is 5.82 Å². The van der Waals surface area contributed by atoms with Crippen LogP contribution in [0.4, 0.5) is 17.6 Å². The molecule has 3 nitrogen and oxygen atoms in total. The molecule has 0 saturated heterocycles. The van der Waals surface area contributed by atoms with Crippen molar-refractivity contribution in [3.63, 3.8) is 0 Å². The highest BCUT2D eigenvalue weighted by Gasteiger charge is 2.39. The first kappa shape index (κ1) is 23.4. The average Bonchev–Trinajstić information content (AvgIpc) is 3.31. The van der Waals surface area contributed by atoms with E-state index in [9.17, 15) is 17.6 Å². The monoisotopic (exact) mass is 491 g/mol. The summed E-state index contributed by atoms with van der Waals surface area (Å²) >= 11 is 7.44. The van der Waals surface area contributed by atoms with Gasteiger partial charge in [-0.2, -0.15) is 13.2 Å². The van der Waals surface area contributed by atoms with E-state index in [2.05, 4.69) is 15.3 Å². The number of benzene rings is 2. The first-order valence-electron chi connectivity index (χ1n) is 9.94. The lowest BCUT2D eigenvalue weighted by Gasteiger charge is -2.36. The first-order valence-corrected chi connectivity index (χ1v) is 11.2. The van der Waals surface area contributed by atoms with E-state index >= 15 is 0 Å². The minimum absolute atomic E-state index is 0.102. The SMILES string of the molecule is Fc1cc(C(F)(F)F)cc(C(Cc2ccccc2)(NCc2nccs2)c2ccc(Cl)cn2)c1. The Balaban J connectivity index is 1.93. The normalized spacial score (nSPS) is 13.6. The lowest BCUT2D eigenvalue weighted by Crippen LogP contribution is -2.46. The van der Waals surface area contributed by atoms with E-state index in [0.717, 1.165) is 22.7 Å². The molecule has 0 aliphatic carbocycles. The quantitative estimate of drug-likeness (QED) is 0.295. The summed E-state index contributed by atoms with van der Waals surface area (Å²) in [4.78, 5) is 8.69. The maximum absolute atomic E-state index is 14.5. The number of alkyl halides is 3. The summed E-state index contributed by atoms with van der Waals surface area (Å²) in [6.45, 7) is 0.243. The molecule has 0 spiro atoms. The highest BCUT2D eigenvalue weighted by atomic mass is 35.5. The van der Waals surface area contributed by atoms with Gasteiger partial charge in [-0.05, 0) is 41.5 Å². The highest BCUT2D eigenvalue weighted by molar-refractivity contribution is 7.09. The zero-order valence-electron chi connectivity index (χ0n) is 17.1. The molecular weight excluding hydrogens is 474 g/mol. The van der Waals surface area contributed by atoms with Gasteiger partial charge in [-0.3, -0.25) is 10.3 Å². The minimum Gasteiger partial charge on any atom is -0.296 e. The second kappa shape index (κ2) is 9.59. The fourth-order valence-electron chi connectivity index (χ4n) is 3.69. The summed E-state index contributed by atoms with van der Waals surface area (Å²) in [5, 5.41) is 6.26. The molecule has 4 rings (SSSR count). The minimum atomic E-state index is -4.71. The van der Waals surface area contributed by atoms with Gasteiger partial charge < -0.3 is 0 Å². The number of pyridine rings is 1. The van der Waals surface area contributed by atoms with Crippen molar-refractivity contribution >= 4 is 22.9 Å². The molecule has 0 bridgehead atoms. The number of hydrogen-bond donors (Lipinski definition) is 1. The van der Waals surface area contributed by atoms with Crippen molar-refractivity contribution in [2.45, 2.75) is 24.7 Å². The van der Waals surface area contributed by atoms with Crippen LogP contribution in [0.3, 0.4) is 0 Å². The topological polar surface area (TPSA) is 37.8 Å². The van der Waals surface area contributed by atoms with Crippen LogP contribution in [0.5, 0.6) is 0 Å². The molecule has 33 heavy (non-hydrogen) atoms. The highest BCUT2D eigenvalue weighted by Crippen LogP contribution is 2.38. The van der Waals surface area contributed by atoms with Gasteiger partial charge in [0.05, 0.1) is 21.8 Å². The molecule has 4 aromatic rings. The molecule has 2 heterocycles. The number of hydrogen-bond acceptors (Lipinski definition) is 4. The van der Waals surface area contributed by atoms with Crippen molar-refractivity contribution in [2.24, 2.45) is 0 Å². The molecule has 170 valence electrons. The van der Waals surface area contributed by atoms with Crippen molar-refractivity contribution in [2.75, 3.05) is 0 Å². The Morgan fingerprint density at radius 2 is 1.70 bits per heavy atom. The molecule has 9 heteroatoms. The van der Waals surface area contributed by atoms with Crippen LogP contribution in [0.25, 0.3) is 0 Å². The Labute approximate surface area is 197 Å². The lowest BCUT2D eigenvalue weighted by atomic mass is 9.79. The third-order valence-corrected chi connectivity index (χ3v) is 6.22. The van der Waals surface area contributed by atoms with Gasteiger partial charge in [0.2, 0.25) is 0 Å². The van der Waals surface area contributed by atoms with Crippen molar-refractivity contribution in [3.8, 4) is 0 Å². The van der Waals surface area contributed by atoms with E-state index in [1.54, 1.807) is 23.7 Å². The van der Waals surface area contributed by atoms with Crippen LogP contribution in [-0.2, 0) is 24.7 Å². The van der Waals surface area contributed by atoms with Gasteiger partial charge in [0, 0.05) is 30.7 Å². The van der Waals surface area contributed by atoms with Gasteiger partial charge in [0.1, 0.15) is 10.8 Å². The molecule has 0 saturated carbocycles. The predicted molar refractivity (Wildman–Crippen MR) is 121 cm³/mol. The molecule has 0 radical (unpaired) electrons. The third kappa shape index (κ3) is 5.40. The number of nitrogens with zero attached hydrogens (tertiary/aromatic N) is 2. The Hall–Kier alpha value is -2.81. The summed E-state index contributed by atoms with van der Waals surface area (Å²) in [5.74, 6) is -0.984. The lowest BCUT2D eigenvalue weighted by molar-refractivity contribution is -0.137. The van der Waals surface area contributed by atoms with E-state index in [0.29, 0.717) is 16.8 Å². The fraction of sp³-hybridized carbons (Fsp3) is 0.167. The van der Waals surface area contributed by atoms with Gasteiger partial charge in [-0.1, -0.05) is 41.9 Å². The largest absolute Gasteiger partial charge is 0.416 e. The Morgan fingerprint density at radius 3 is 2.33 bits per heavy atom. The Bertz CT molecular complexity index is 1200. The number of aromatic nitrogens is 2. The van der Waals surface area contributed by atoms with Crippen LogP contribution in [-0.4, -0.2) is 9.97 Å². The van der Waals surface area contributed by atoms with Gasteiger partial charge in [-0.25, -0.2) is 9.37 Å². The molecule has 1 unspecified atom stereocenters. The smallest absolute Gasteiger partial charge is 0.296 e. The first-order chi connectivity index (χ1) is 15.8. The van der Waals surface area contributed by atoms with E-state index < -0.39 is 23.1 Å². The van der Waals surface area contributed by atoms with Gasteiger partial charge in [0.25, 0.3) is 0 Å². The Kier molecular flexibility index (Phi) is 6.78. The summed E-state index contributed by atoms with van der Waals surface area (Å²) in [6, 6.07) is 15.1. The van der Waals surface area contributed by atoms with Gasteiger partial charge in [0.15, 0.2) is 0 Å². The molecule has 0 aliphatic rings. The maximum Gasteiger partial charge on any atom is 0.416 e. The summed E-state index contributed by atoms with van der Waals surface area (Å²) in [5.41, 5.74) is -1.02. The second-order valence-electron chi connectivity index (χ2n) is 7.44. The van der Waals surface area contributed by atoms with Gasteiger partial charge in [-0.15, -0.1) is 11.3 Å². The summed E-state index contributed by atoms with van der Waals surface area (Å²) in [6.07, 6.45) is -1.43. The number of nitrogens with one attached hydrogen (secondary N) is 1. The molecule has 1 atom stereocenters. The standard InChI is InChI=1S/C24H18ClF4N3S/c25-19-6-7-21(31-14-19)23(13-16-4-2-1-3-5-16,32-15-22-30-8-9-33-22)17-10-18(24(27,28)29)12-20(26)11-17/h1-12,14,32H,13,15H2. The summed E-state index contributed by atoms with van der Waals surface area (Å²) in [7, 11) is 0. The predicted octanol–water partition coefficient (Wildman–Crippen LogP) is 6.63. The zero-order chi connectivity index (χ0) is 23.5. The van der Waals surface area contributed by atoms with Crippen LogP contribution >= 0.6 is 22.9 Å². The van der Waals surface area contributed by atoms with Crippen LogP contribution < -0.4 is 5.32 Å². The van der Waals surface area contributed by atoms with Crippen LogP contribution in [0.15, 0.2) is 78.4 Å². The van der Waals surface area contributed by atoms with E-state index in [1.807, 2.05) is 30.3 Å². The molecular formula is C24H18ClF4N3S. The third-order valence-electron chi connectivity index (χ3n) is 5.22. The molecule has 2 aromatic carbocycles.